The lowest BCUT2D eigenvalue weighted by molar-refractivity contribution is -0.294. The monoisotopic (exact) mass is 596 g/mol. The second-order valence-electron chi connectivity index (χ2n) is 15.8. The molecule has 6 heteroatoms. The van der Waals surface area contributed by atoms with Crippen molar-refractivity contribution < 1.29 is 22.1 Å². The van der Waals surface area contributed by atoms with Crippen molar-refractivity contribution in [1.82, 2.24) is 0 Å². The van der Waals surface area contributed by atoms with Crippen LogP contribution in [0.2, 0.25) is 0 Å². The first-order valence-electron chi connectivity index (χ1n) is 16.9. The standard InChI is InChI=1S/C36H52O5S/c1-24-9-11-28(12-10-24)42(37,38)41-23-25(2)7-6-8-26(3)30-13-14-31-29-22-36(39-19-20-40-36)35-21-27(35)15-18-34(35,5)32(29)16-17-33(30,31)4/h6,8-12,25-27,29-32H,7,13-23H2,1-5H3/b8-6+/t25?,26-,27-,29+,30-,31+,32+,33-,34-,35-/m1/s1. The third-order valence-electron chi connectivity index (χ3n) is 13.8. The lowest BCUT2D eigenvalue weighted by Gasteiger charge is -2.63. The fraction of sp³-hybridized carbons (Fsp3) is 0.778. The molecule has 5 nitrogen and oxygen atoms in total. The second kappa shape index (κ2) is 10.2. The van der Waals surface area contributed by atoms with Gasteiger partial charge in [0.25, 0.3) is 10.1 Å². The molecule has 0 N–H and O–H groups in total. The van der Waals surface area contributed by atoms with Crippen LogP contribution in [-0.2, 0) is 23.8 Å². The highest BCUT2D eigenvalue weighted by molar-refractivity contribution is 7.86. The number of benzene rings is 1. The molecule has 1 heterocycles. The maximum Gasteiger partial charge on any atom is 0.296 e. The normalized spacial score (nSPS) is 43.1. The molecule has 0 bridgehead atoms. The molecule has 0 amide bonds. The van der Waals surface area contributed by atoms with Crippen LogP contribution in [0.25, 0.3) is 0 Å². The molecule has 42 heavy (non-hydrogen) atoms. The van der Waals surface area contributed by atoms with E-state index in [4.69, 9.17) is 13.7 Å². The lowest BCUT2D eigenvalue weighted by Crippen LogP contribution is -2.62. The van der Waals surface area contributed by atoms with Gasteiger partial charge < -0.3 is 9.47 Å². The van der Waals surface area contributed by atoms with Crippen LogP contribution in [0.15, 0.2) is 41.3 Å². The van der Waals surface area contributed by atoms with Crippen LogP contribution >= 0.6 is 0 Å². The summed E-state index contributed by atoms with van der Waals surface area (Å²) < 4.78 is 44.0. The summed E-state index contributed by atoms with van der Waals surface area (Å²) in [5.41, 5.74) is 2.06. The van der Waals surface area contributed by atoms with Gasteiger partial charge in [-0.05, 0) is 123 Å². The topological polar surface area (TPSA) is 61.8 Å². The zero-order valence-electron chi connectivity index (χ0n) is 26.4. The highest BCUT2D eigenvalue weighted by Gasteiger charge is 2.83. The molecule has 1 unspecified atom stereocenters. The number of allylic oxidation sites excluding steroid dienone is 2. The second-order valence-corrected chi connectivity index (χ2v) is 17.4. The Morgan fingerprint density at radius 1 is 0.976 bits per heavy atom. The summed E-state index contributed by atoms with van der Waals surface area (Å²) in [4.78, 5) is 0.229. The van der Waals surface area contributed by atoms with Crippen molar-refractivity contribution in [3.8, 4) is 0 Å². The van der Waals surface area contributed by atoms with Crippen LogP contribution in [0.1, 0.15) is 91.0 Å². The molecule has 7 rings (SSSR count). The van der Waals surface area contributed by atoms with Crippen molar-refractivity contribution in [2.75, 3.05) is 19.8 Å². The SMILES string of the molecule is Cc1ccc(S(=O)(=O)OCC(C)C/C=C/[C@@H](C)[C@H]2CC[C@H]3[C@@H]4CC5(OCCO5)[C@]56C[C@H]5CC[C@]6(C)[C@H]4CC[C@]23C)cc1. The maximum atomic E-state index is 12.6. The number of aryl methyl sites for hydroxylation is 1. The summed E-state index contributed by atoms with van der Waals surface area (Å²) in [6.45, 7) is 13.4. The van der Waals surface area contributed by atoms with E-state index in [1.807, 2.05) is 6.92 Å². The quantitative estimate of drug-likeness (QED) is 0.225. The van der Waals surface area contributed by atoms with Crippen LogP contribution in [0.4, 0.5) is 0 Å². The molecule has 1 saturated heterocycles. The summed E-state index contributed by atoms with van der Waals surface area (Å²) >= 11 is 0. The third-order valence-corrected chi connectivity index (χ3v) is 15.1. The zero-order chi connectivity index (χ0) is 29.5. The van der Waals surface area contributed by atoms with Crippen molar-refractivity contribution in [2.24, 2.45) is 57.7 Å². The number of ether oxygens (including phenoxy) is 2. The molecule has 0 radical (unpaired) electrons. The number of hydrogen-bond donors (Lipinski definition) is 0. The van der Waals surface area contributed by atoms with E-state index in [0.717, 1.165) is 49.4 Å². The van der Waals surface area contributed by atoms with Gasteiger partial charge in [0, 0.05) is 11.8 Å². The van der Waals surface area contributed by atoms with Gasteiger partial charge in [-0.2, -0.15) is 8.42 Å². The van der Waals surface area contributed by atoms with E-state index in [2.05, 4.69) is 39.8 Å². The highest BCUT2D eigenvalue weighted by Crippen LogP contribution is 2.85. The van der Waals surface area contributed by atoms with Gasteiger partial charge in [-0.15, -0.1) is 0 Å². The molecule has 10 atom stereocenters. The average molecular weight is 597 g/mol. The van der Waals surface area contributed by atoms with E-state index in [-0.39, 0.29) is 23.2 Å². The molecule has 0 aromatic heterocycles. The van der Waals surface area contributed by atoms with Gasteiger partial charge in [0.1, 0.15) is 0 Å². The Balaban J connectivity index is 0.995. The molecular formula is C36H52O5S. The first-order valence-corrected chi connectivity index (χ1v) is 18.3. The largest absolute Gasteiger partial charge is 0.347 e. The lowest BCUT2D eigenvalue weighted by atomic mass is 9.44. The van der Waals surface area contributed by atoms with Crippen molar-refractivity contribution in [3.63, 3.8) is 0 Å². The van der Waals surface area contributed by atoms with Gasteiger partial charge in [-0.1, -0.05) is 57.5 Å². The van der Waals surface area contributed by atoms with E-state index in [0.29, 0.717) is 34.0 Å². The van der Waals surface area contributed by atoms with E-state index >= 15 is 0 Å². The van der Waals surface area contributed by atoms with Gasteiger partial charge in [0.2, 0.25) is 0 Å². The van der Waals surface area contributed by atoms with E-state index in [1.54, 1.807) is 24.3 Å². The highest BCUT2D eigenvalue weighted by atomic mass is 32.2. The Labute approximate surface area is 254 Å². The minimum atomic E-state index is -3.72. The Hall–Kier alpha value is -1.21. The van der Waals surface area contributed by atoms with Gasteiger partial charge in [0.05, 0.1) is 24.7 Å². The van der Waals surface area contributed by atoms with Crippen molar-refractivity contribution in [1.29, 1.82) is 0 Å². The van der Waals surface area contributed by atoms with Gasteiger partial charge in [-0.3, -0.25) is 4.18 Å². The molecule has 1 aliphatic heterocycles. The van der Waals surface area contributed by atoms with Crippen molar-refractivity contribution >= 4 is 10.1 Å². The fourth-order valence-corrected chi connectivity index (χ4v) is 12.8. The predicted octanol–water partition coefficient (Wildman–Crippen LogP) is 7.93. The molecule has 1 aromatic rings. The molecule has 1 aromatic carbocycles. The van der Waals surface area contributed by atoms with E-state index in [9.17, 15) is 8.42 Å². The number of rotatable bonds is 8. The molecule has 232 valence electrons. The Morgan fingerprint density at radius 2 is 1.71 bits per heavy atom. The number of fused-ring (bicyclic) bond motifs is 4. The summed E-state index contributed by atoms with van der Waals surface area (Å²) in [5, 5.41) is 0. The third kappa shape index (κ3) is 4.20. The van der Waals surface area contributed by atoms with Crippen LogP contribution in [-0.4, -0.2) is 34.0 Å². The summed E-state index contributed by atoms with van der Waals surface area (Å²) in [6, 6.07) is 6.85. The maximum absolute atomic E-state index is 12.6. The summed E-state index contributed by atoms with van der Waals surface area (Å²) in [6.07, 6.45) is 16.1. The van der Waals surface area contributed by atoms with Gasteiger partial charge in [0.15, 0.2) is 5.79 Å². The molecular weight excluding hydrogens is 544 g/mol. The molecule has 2 spiro atoms. The van der Waals surface area contributed by atoms with Crippen LogP contribution < -0.4 is 0 Å². The van der Waals surface area contributed by atoms with Crippen LogP contribution in [0.5, 0.6) is 0 Å². The Morgan fingerprint density at radius 3 is 2.43 bits per heavy atom. The van der Waals surface area contributed by atoms with Crippen LogP contribution in [0, 0.1) is 64.6 Å². The molecule has 5 saturated carbocycles. The first kappa shape index (κ1) is 29.5. The zero-order valence-corrected chi connectivity index (χ0v) is 27.3. The van der Waals surface area contributed by atoms with Crippen LogP contribution in [0.3, 0.4) is 0 Å². The Bertz CT molecular complexity index is 1310. The minimum Gasteiger partial charge on any atom is -0.347 e. The Kier molecular flexibility index (Phi) is 7.13. The average Bonchev–Trinajstić information content (AvgIpc) is 3.19. The summed E-state index contributed by atoms with van der Waals surface area (Å²) in [7, 11) is -3.72. The molecule has 6 aliphatic rings. The van der Waals surface area contributed by atoms with Crippen molar-refractivity contribution in [3.05, 3.63) is 42.0 Å². The molecule has 5 aliphatic carbocycles. The van der Waals surface area contributed by atoms with E-state index < -0.39 is 10.1 Å². The first-order chi connectivity index (χ1) is 20.0. The van der Waals surface area contributed by atoms with Crippen molar-refractivity contribution in [2.45, 2.75) is 103 Å². The minimum absolute atomic E-state index is 0.131. The van der Waals surface area contributed by atoms with E-state index in [1.165, 1.54) is 44.9 Å². The summed E-state index contributed by atoms with van der Waals surface area (Å²) in [5.74, 6) is 4.14. The van der Waals surface area contributed by atoms with Gasteiger partial charge >= 0.3 is 0 Å². The predicted molar refractivity (Wildman–Crippen MR) is 164 cm³/mol. The fourth-order valence-electron chi connectivity index (χ4n) is 11.8. The number of hydrogen-bond acceptors (Lipinski definition) is 5. The molecule has 6 fully saturated rings. The smallest absolute Gasteiger partial charge is 0.296 e. The van der Waals surface area contributed by atoms with Gasteiger partial charge in [-0.25, -0.2) is 0 Å².